The zero-order chi connectivity index (χ0) is 14.7. The summed E-state index contributed by atoms with van der Waals surface area (Å²) in [6.45, 7) is 1.75. The Morgan fingerprint density at radius 2 is 1.95 bits per heavy atom. The summed E-state index contributed by atoms with van der Waals surface area (Å²) in [5.41, 5.74) is 6.05. The number of hydrogen-bond donors (Lipinski definition) is 1. The quantitative estimate of drug-likeness (QED) is 0.929. The fourth-order valence-electron chi connectivity index (χ4n) is 1.84. The molecule has 104 valence electrons. The smallest absolute Gasteiger partial charge is 0.274 e. The minimum absolute atomic E-state index is 0.171. The maximum absolute atomic E-state index is 13.7. The second-order valence-electron chi connectivity index (χ2n) is 4.46. The van der Waals surface area contributed by atoms with Crippen molar-refractivity contribution in [2.75, 3.05) is 12.8 Å². The lowest BCUT2D eigenvalue weighted by Crippen LogP contribution is -2.31. The average Bonchev–Trinajstić information content (AvgIpc) is 2.46. The van der Waals surface area contributed by atoms with Crippen LogP contribution in [0.15, 0.2) is 36.4 Å². The molecule has 1 aromatic carbocycles. The Balaban J connectivity index is 2.22. The van der Waals surface area contributed by atoms with Crippen molar-refractivity contribution in [3.8, 4) is 0 Å². The molecule has 1 atom stereocenters. The molecule has 0 aliphatic heterocycles. The first-order valence-electron chi connectivity index (χ1n) is 6.11. The van der Waals surface area contributed by atoms with Gasteiger partial charge < -0.3 is 10.6 Å². The van der Waals surface area contributed by atoms with Crippen LogP contribution in [-0.4, -0.2) is 28.1 Å². The van der Waals surface area contributed by atoms with Crippen LogP contribution in [0.4, 0.5) is 10.2 Å². The van der Waals surface area contributed by atoms with Gasteiger partial charge in [-0.1, -0.05) is 18.2 Å². The van der Waals surface area contributed by atoms with E-state index in [0.29, 0.717) is 5.56 Å². The van der Waals surface area contributed by atoms with E-state index in [1.807, 2.05) is 0 Å². The van der Waals surface area contributed by atoms with E-state index in [2.05, 4.69) is 10.2 Å². The Bertz CT molecular complexity index is 615. The van der Waals surface area contributed by atoms with Crippen LogP contribution in [0.5, 0.6) is 0 Å². The van der Waals surface area contributed by atoms with Gasteiger partial charge in [-0.25, -0.2) is 4.39 Å². The highest BCUT2D eigenvalue weighted by atomic mass is 19.1. The molecule has 0 saturated carbocycles. The number of benzene rings is 1. The molecule has 2 rings (SSSR count). The topological polar surface area (TPSA) is 72.1 Å². The van der Waals surface area contributed by atoms with Crippen molar-refractivity contribution in [3.05, 3.63) is 53.5 Å². The number of hydrogen-bond acceptors (Lipinski definition) is 4. The van der Waals surface area contributed by atoms with Gasteiger partial charge in [-0.15, -0.1) is 10.2 Å². The third-order valence-electron chi connectivity index (χ3n) is 3.16. The molecule has 0 bridgehead atoms. The molecule has 0 spiro atoms. The van der Waals surface area contributed by atoms with Gasteiger partial charge in [0.1, 0.15) is 11.6 Å². The minimum atomic E-state index is -0.414. The van der Waals surface area contributed by atoms with E-state index >= 15 is 0 Å². The number of carbonyl (C=O) groups excluding carboxylic acids is 1. The lowest BCUT2D eigenvalue weighted by molar-refractivity contribution is 0.0733. The maximum Gasteiger partial charge on any atom is 0.274 e. The van der Waals surface area contributed by atoms with Gasteiger partial charge in [0.25, 0.3) is 5.91 Å². The molecule has 1 heterocycles. The highest BCUT2D eigenvalue weighted by molar-refractivity contribution is 5.92. The number of nitrogen functional groups attached to an aromatic ring is 1. The second kappa shape index (κ2) is 5.64. The van der Waals surface area contributed by atoms with Crippen molar-refractivity contribution in [2.24, 2.45) is 0 Å². The van der Waals surface area contributed by atoms with Crippen LogP contribution >= 0.6 is 0 Å². The summed E-state index contributed by atoms with van der Waals surface area (Å²) < 4.78 is 13.7. The summed E-state index contributed by atoms with van der Waals surface area (Å²) in [6.07, 6.45) is 0. The molecular formula is C14H15FN4O. The summed E-state index contributed by atoms with van der Waals surface area (Å²) in [6, 6.07) is 8.95. The van der Waals surface area contributed by atoms with E-state index in [-0.39, 0.29) is 23.2 Å². The van der Waals surface area contributed by atoms with E-state index in [1.165, 1.54) is 23.1 Å². The predicted molar refractivity (Wildman–Crippen MR) is 73.4 cm³/mol. The molecule has 6 heteroatoms. The monoisotopic (exact) mass is 274 g/mol. The zero-order valence-electron chi connectivity index (χ0n) is 11.2. The maximum atomic E-state index is 13.7. The molecule has 0 aliphatic rings. The Kier molecular flexibility index (Phi) is 3.93. The van der Waals surface area contributed by atoms with E-state index in [9.17, 15) is 9.18 Å². The highest BCUT2D eigenvalue weighted by Crippen LogP contribution is 2.22. The van der Waals surface area contributed by atoms with Gasteiger partial charge in [0.2, 0.25) is 0 Å². The molecular weight excluding hydrogens is 259 g/mol. The Morgan fingerprint density at radius 1 is 1.25 bits per heavy atom. The van der Waals surface area contributed by atoms with E-state index in [4.69, 9.17) is 5.73 Å². The first-order chi connectivity index (χ1) is 9.50. The molecule has 0 radical (unpaired) electrons. The number of nitrogens with two attached hydrogens (primary N) is 1. The van der Waals surface area contributed by atoms with Crippen LogP contribution in [0, 0.1) is 5.82 Å². The van der Waals surface area contributed by atoms with Crippen LogP contribution < -0.4 is 5.73 Å². The highest BCUT2D eigenvalue weighted by Gasteiger charge is 2.22. The van der Waals surface area contributed by atoms with Gasteiger partial charge in [-0.3, -0.25) is 4.79 Å². The summed E-state index contributed by atoms with van der Waals surface area (Å²) in [5, 5.41) is 7.38. The molecule has 2 N–H and O–H groups in total. The molecule has 0 aliphatic carbocycles. The molecule has 0 fully saturated rings. The third-order valence-corrected chi connectivity index (χ3v) is 3.16. The summed E-state index contributed by atoms with van der Waals surface area (Å²) in [4.78, 5) is 13.7. The lowest BCUT2D eigenvalue weighted by atomic mass is 10.1. The number of halogens is 1. The Hall–Kier alpha value is -2.50. The summed E-state index contributed by atoms with van der Waals surface area (Å²) in [5.74, 6) is -0.442. The standard InChI is InChI=1S/C14H15FN4O/c1-9(10-5-3-4-6-11(10)15)19(2)14(20)12-7-8-13(16)18-17-12/h3-9H,1-2H3,(H2,16,18). The normalized spacial score (nSPS) is 11.9. The van der Waals surface area contributed by atoms with Crippen molar-refractivity contribution >= 4 is 11.7 Å². The van der Waals surface area contributed by atoms with Gasteiger partial charge in [-0.2, -0.15) is 0 Å². The van der Waals surface area contributed by atoms with Crippen LogP contribution in [0.3, 0.4) is 0 Å². The largest absolute Gasteiger partial charge is 0.382 e. The molecule has 1 aromatic heterocycles. The first kappa shape index (κ1) is 13.9. The molecule has 2 aromatic rings. The van der Waals surface area contributed by atoms with Gasteiger partial charge >= 0.3 is 0 Å². The van der Waals surface area contributed by atoms with E-state index in [0.717, 1.165) is 0 Å². The van der Waals surface area contributed by atoms with Crippen LogP contribution in [0.1, 0.15) is 29.0 Å². The van der Waals surface area contributed by atoms with E-state index in [1.54, 1.807) is 32.2 Å². The number of anilines is 1. The average molecular weight is 274 g/mol. The Labute approximate surface area is 116 Å². The van der Waals surface area contributed by atoms with Crippen molar-refractivity contribution in [1.82, 2.24) is 15.1 Å². The van der Waals surface area contributed by atoms with Crippen molar-refractivity contribution < 1.29 is 9.18 Å². The molecule has 20 heavy (non-hydrogen) atoms. The molecule has 1 unspecified atom stereocenters. The number of aromatic nitrogens is 2. The number of carbonyl (C=O) groups is 1. The number of amides is 1. The van der Waals surface area contributed by atoms with Crippen molar-refractivity contribution in [3.63, 3.8) is 0 Å². The number of rotatable bonds is 3. The summed E-state index contributed by atoms with van der Waals surface area (Å²) >= 11 is 0. The molecule has 0 saturated heterocycles. The van der Waals surface area contributed by atoms with E-state index < -0.39 is 6.04 Å². The van der Waals surface area contributed by atoms with Crippen molar-refractivity contribution in [1.29, 1.82) is 0 Å². The SMILES string of the molecule is CC(c1ccccc1F)N(C)C(=O)c1ccc(N)nn1. The zero-order valence-corrected chi connectivity index (χ0v) is 11.2. The Morgan fingerprint density at radius 3 is 2.55 bits per heavy atom. The second-order valence-corrected chi connectivity index (χ2v) is 4.46. The van der Waals surface area contributed by atoms with Gasteiger partial charge in [0.05, 0.1) is 6.04 Å². The van der Waals surface area contributed by atoms with Crippen LogP contribution in [0.2, 0.25) is 0 Å². The van der Waals surface area contributed by atoms with Gasteiger partial charge in [0, 0.05) is 12.6 Å². The predicted octanol–water partition coefficient (Wildman–Crippen LogP) is 2.03. The van der Waals surface area contributed by atoms with Crippen LogP contribution in [-0.2, 0) is 0 Å². The lowest BCUT2D eigenvalue weighted by Gasteiger charge is -2.25. The fraction of sp³-hybridized carbons (Fsp3) is 0.214. The van der Waals surface area contributed by atoms with Crippen molar-refractivity contribution in [2.45, 2.75) is 13.0 Å². The molecule has 5 nitrogen and oxygen atoms in total. The van der Waals surface area contributed by atoms with Gasteiger partial charge in [0.15, 0.2) is 5.69 Å². The first-order valence-corrected chi connectivity index (χ1v) is 6.11. The summed E-state index contributed by atoms with van der Waals surface area (Å²) in [7, 11) is 1.59. The minimum Gasteiger partial charge on any atom is -0.382 e. The molecule has 1 amide bonds. The van der Waals surface area contributed by atoms with Gasteiger partial charge in [-0.05, 0) is 25.1 Å². The van der Waals surface area contributed by atoms with Crippen LogP contribution in [0.25, 0.3) is 0 Å². The fourth-order valence-corrected chi connectivity index (χ4v) is 1.84. The third kappa shape index (κ3) is 2.74. The number of nitrogens with zero attached hydrogens (tertiary/aromatic N) is 3.